The third kappa shape index (κ3) is 3.45. The van der Waals surface area contributed by atoms with E-state index in [0.717, 1.165) is 0 Å². The number of alkyl halides is 3. The van der Waals surface area contributed by atoms with Gasteiger partial charge in [0.15, 0.2) is 0 Å². The molecule has 0 N–H and O–H groups in total. The monoisotopic (exact) mass is 239 g/mol. The van der Waals surface area contributed by atoms with E-state index in [1.165, 1.54) is 0 Å². The molecule has 1 heterocycles. The first-order chi connectivity index (χ1) is 7.32. The van der Waals surface area contributed by atoms with Crippen molar-refractivity contribution in [2.24, 2.45) is 5.92 Å². The lowest BCUT2D eigenvalue weighted by Gasteiger charge is -2.26. The van der Waals surface area contributed by atoms with Crippen molar-refractivity contribution in [1.82, 2.24) is 4.90 Å². The SMILES string of the molecule is CC(C)N1CCOCC(C(=O)C(F)(F)F)C1. The van der Waals surface area contributed by atoms with Gasteiger partial charge in [-0.2, -0.15) is 13.2 Å². The average molecular weight is 239 g/mol. The quantitative estimate of drug-likeness (QED) is 0.731. The zero-order chi connectivity index (χ0) is 12.3. The second-order valence-corrected chi connectivity index (χ2v) is 4.22. The Bertz CT molecular complexity index is 253. The van der Waals surface area contributed by atoms with E-state index >= 15 is 0 Å². The Morgan fingerprint density at radius 2 is 2.06 bits per heavy atom. The number of carbonyl (C=O) groups is 1. The first-order valence-corrected chi connectivity index (χ1v) is 5.25. The standard InChI is InChI=1S/C10H16F3NO2/c1-7(2)14-3-4-16-6-8(5-14)9(15)10(11,12)13/h7-8H,3-6H2,1-2H3. The molecule has 1 rings (SSSR count). The van der Waals surface area contributed by atoms with Crippen molar-refractivity contribution in [2.45, 2.75) is 26.1 Å². The molecule has 1 atom stereocenters. The number of hydrogen-bond acceptors (Lipinski definition) is 3. The fourth-order valence-electron chi connectivity index (χ4n) is 1.69. The van der Waals surface area contributed by atoms with Gasteiger partial charge in [-0.25, -0.2) is 0 Å². The molecule has 0 amide bonds. The van der Waals surface area contributed by atoms with Crippen LogP contribution in [0.2, 0.25) is 0 Å². The van der Waals surface area contributed by atoms with Crippen molar-refractivity contribution in [3.05, 3.63) is 0 Å². The number of halogens is 3. The molecule has 0 radical (unpaired) electrons. The molecular formula is C10H16F3NO2. The van der Waals surface area contributed by atoms with Crippen molar-refractivity contribution in [3.63, 3.8) is 0 Å². The highest BCUT2D eigenvalue weighted by Crippen LogP contribution is 2.23. The van der Waals surface area contributed by atoms with E-state index in [4.69, 9.17) is 4.74 Å². The topological polar surface area (TPSA) is 29.5 Å². The molecule has 0 saturated carbocycles. The van der Waals surface area contributed by atoms with Gasteiger partial charge in [-0.05, 0) is 13.8 Å². The van der Waals surface area contributed by atoms with Crippen molar-refractivity contribution < 1.29 is 22.7 Å². The summed E-state index contributed by atoms with van der Waals surface area (Å²) in [6.07, 6.45) is -4.76. The maximum absolute atomic E-state index is 12.3. The molecule has 1 saturated heterocycles. The summed E-state index contributed by atoms with van der Waals surface area (Å²) in [4.78, 5) is 12.9. The number of hydrogen-bond donors (Lipinski definition) is 0. The van der Waals surface area contributed by atoms with E-state index < -0.39 is 17.9 Å². The van der Waals surface area contributed by atoms with E-state index in [-0.39, 0.29) is 19.2 Å². The van der Waals surface area contributed by atoms with Gasteiger partial charge in [0.05, 0.1) is 19.1 Å². The predicted molar refractivity (Wildman–Crippen MR) is 52.1 cm³/mol. The molecule has 1 aliphatic heterocycles. The van der Waals surface area contributed by atoms with Gasteiger partial charge in [0, 0.05) is 19.1 Å². The van der Waals surface area contributed by atoms with E-state index in [2.05, 4.69) is 0 Å². The predicted octanol–water partition coefficient (Wildman–Crippen LogP) is 1.47. The van der Waals surface area contributed by atoms with E-state index in [0.29, 0.717) is 13.2 Å². The van der Waals surface area contributed by atoms with Crippen molar-refractivity contribution in [3.8, 4) is 0 Å². The summed E-state index contributed by atoms with van der Waals surface area (Å²) in [6.45, 7) is 4.71. The van der Waals surface area contributed by atoms with E-state index in [1.807, 2.05) is 18.7 Å². The number of rotatable bonds is 2. The van der Waals surface area contributed by atoms with Crippen LogP contribution in [-0.2, 0) is 9.53 Å². The first-order valence-electron chi connectivity index (χ1n) is 5.25. The molecule has 1 unspecified atom stereocenters. The Balaban J connectivity index is 2.69. The molecule has 1 aliphatic rings. The third-order valence-electron chi connectivity index (χ3n) is 2.68. The number of carbonyl (C=O) groups excluding carboxylic acids is 1. The molecule has 94 valence electrons. The summed E-state index contributed by atoms with van der Waals surface area (Å²) in [5, 5.41) is 0. The second kappa shape index (κ2) is 5.14. The maximum Gasteiger partial charge on any atom is 0.450 e. The van der Waals surface area contributed by atoms with Crippen molar-refractivity contribution in [2.75, 3.05) is 26.3 Å². The Hall–Kier alpha value is -0.620. The molecule has 6 heteroatoms. The van der Waals surface area contributed by atoms with E-state index in [9.17, 15) is 18.0 Å². The maximum atomic E-state index is 12.3. The van der Waals surface area contributed by atoms with Crippen LogP contribution in [0.3, 0.4) is 0 Å². The molecule has 0 spiro atoms. The molecule has 0 aliphatic carbocycles. The normalized spacial score (nSPS) is 24.5. The number of Topliss-reactive ketones (excluding diaryl/α,β-unsaturated/α-hetero) is 1. The average Bonchev–Trinajstić information content (AvgIpc) is 2.40. The van der Waals surface area contributed by atoms with Gasteiger partial charge in [-0.15, -0.1) is 0 Å². The fourth-order valence-corrected chi connectivity index (χ4v) is 1.69. The zero-order valence-corrected chi connectivity index (χ0v) is 9.38. The van der Waals surface area contributed by atoms with Crippen LogP contribution in [0.4, 0.5) is 13.2 Å². The molecule has 0 aromatic rings. The van der Waals surface area contributed by atoms with Crippen molar-refractivity contribution >= 4 is 5.78 Å². The highest BCUT2D eigenvalue weighted by molar-refractivity contribution is 5.86. The van der Waals surface area contributed by atoms with Gasteiger partial charge in [0.1, 0.15) is 0 Å². The molecule has 0 aromatic heterocycles. The summed E-state index contributed by atoms with van der Waals surface area (Å²) >= 11 is 0. The number of ketones is 1. The van der Waals surface area contributed by atoms with Crippen molar-refractivity contribution in [1.29, 1.82) is 0 Å². The molecule has 0 bridgehead atoms. The van der Waals surface area contributed by atoms with Gasteiger partial charge < -0.3 is 4.74 Å². The minimum absolute atomic E-state index is 0.116. The van der Waals surface area contributed by atoms with Gasteiger partial charge in [-0.3, -0.25) is 9.69 Å². The molecular weight excluding hydrogens is 223 g/mol. The van der Waals surface area contributed by atoms with Crippen LogP contribution in [0.25, 0.3) is 0 Å². The van der Waals surface area contributed by atoms with Gasteiger partial charge in [0.2, 0.25) is 5.78 Å². The first kappa shape index (κ1) is 13.4. The Labute approximate surface area is 92.5 Å². The third-order valence-corrected chi connectivity index (χ3v) is 2.68. The summed E-state index contributed by atoms with van der Waals surface area (Å²) in [6, 6.07) is 0.116. The van der Waals surface area contributed by atoms with Crippen LogP contribution in [0.1, 0.15) is 13.8 Å². The number of nitrogens with zero attached hydrogens (tertiary/aromatic N) is 1. The van der Waals surface area contributed by atoms with Gasteiger partial charge >= 0.3 is 6.18 Å². The van der Waals surface area contributed by atoms with Gasteiger partial charge in [0.25, 0.3) is 0 Å². The molecule has 16 heavy (non-hydrogen) atoms. The largest absolute Gasteiger partial charge is 0.450 e. The minimum atomic E-state index is -4.76. The fraction of sp³-hybridized carbons (Fsp3) is 0.900. The highest BCUT2D eigenvalue weighted by Gasteiger charge is 2.44. The minimum Gasteiger partial charge on any atom is -0.379 e. The Morgan fingerprint density at radius 1 is 1.44 bits per heavy atom. The van der Waals surface area contributed by atoms with Crippen LogP contribution in [0.15, 0.2) is 0 Å². The number of ether oxygens (including phenoxy) is 1. The van der Waals surface area contributed by atoms with Crippen LogP contribution >= 0.6 is 0 Å². The summed E-state index contributed by atoms with van der Waals surface area (Å²) in [7, 11) is 0. The zero-order valence-electron chi connectivity index (χ0n) is 9.38. The molecule has 1 fully saturated rings. The lowest BCUT2D eigenvalue weighted by Crippen LogP contribution is -2.41. The highest BCUT2D eigenvalue weighted by atomic mass is 19.4. The summed E-state index contributed by atoms with van der Waals surface area (Å²) < 4.78 is 41.9. The molecule has 3 nitrogen and oxygen atoms in total. The summed E-state index contributed by atoms with van der Waals surface area (Å²) in [5.74, 6) is -2.77. The Morgan fingerprint density at radius 3 is 2.56 bits per heavy atom. The summed E-state index contributed by atoms with van der Waals surface area (Å²) in [5.41, 5.74) is 0. The van der Waals surface area contributed by atoms with Crippen LogP contribution < -0.4 is 0 Å². The Kier molecular flexibility index (Phi) is 4.32. The van der Waals surface area contributed by atoms with Crippen LogP contribution in [-0.4, -0.2) is 49.2 Å². The van der Waals surface area contributed by atoms with E-state index in [1.54, 1.807) is 0 Å². The molecule has 0 aromatic carbocycles. The lowest BCUT2D eigenvalue weighted by molar-refractivity contribution is -0.177. The lowest BCUT2D eigenvalue weighted by atomic mass is 10.0. The van der Waals surface area contributed by atoms with Crippen LogP contribution in [0, 0.1) is 5.92 Å². The van der Waals surface area contributed by atoms with Crippen LogP contribution in [0.5, 0.6) is 0 Å². The van der Waals surface area contributed by atoms with Gasteiger partial charge in [-0.1, -0.05) is 0 Å². The smallest absolute Gasteiger partial charge is 0.379 e. The second-order valence-electron chi connectivity index (χ2n) is 4.22.